The molecule has 1 atom stereocenters. The van der Waals surface area contributed by atoms with Crippen molar-refractivity contribution in [2.24, 2.45) is 0 Å². The molecule has 1 heterocycles. The number of hydrogen-bond acceptors (Lipinski definition) is 5. The van der Waals surface area contributed by atoms with Crippen LogP contribution in [0.25, 0.3) is 11.1 Å². The molecule has 104 valence electrons. The summed E-state index contributed by atoms with van der Waals surface area (Å²) in [6.07, 6.45) is 3.27. The number of anilines is 1. The van der Waals surface area contributed by atoms with Crippen molar-refractivity contribution in [1.82, 2.24) is 9.88 Å². The first-order valence-corrected chi connectivity index (χ1v) is 7.87. The van der Waals surface area contributed by atoms with Crippen molar-refractivity contribution in [3.63, 3.8) is 0 Å². The fraction of sp³-hybridized carbons (Fsp3) is 0.500. The third kappa shape index (κ3) is 3.42. The lowest BCUT2D eigenvalue weighted by Gasteiger charge is -2.24. The summed E-state index contributed by atoms with van der Waals surface area (Å²) >= 11 is 1.87. The summed E-state index contributed by atoms with van der Waals surface area (Å²) in [5.74, 6) is 1.88. The summed E-state index contributed by atoms with van der Waals surface area (Å²) in [5, 5.41) is 0. The molecule has 0 fully saturated rings. The Balaban J connectivity index is 2.12. The standard InChI is InChI=1S/C14H21N3OS/c1-4-11(9-19-3)17(2)8-14-16-12-6-5-10(15)7-13(12)18-14/h5-7,11H,4,8-9,15H2,1-3H3. The van der Waals surface area contributed by atoms with Gasteiger partial charge in [0.05, 0.1) is 6.54 Å². The number of nitrogens with two attached hydrogens (primary N) is 1. The number of fused-ring (bicyclic) bond motifs is 1. The van der Waals surface area contributed by atoms with Crippen molar-refractivity contribution in [3.8, 4) is 0 Å². The Bertz CT molecular complexity index is 540. The Labute approximate surface area is 118 Å². The third-order valence-corrected chi connectivity index (χ3v) is 4.01. The lowest BCUT2D eigenvalue weighted by molar-refractivity contribution is 0.226. The van der Waals surface area contributed by atoms with Crippen LogP contribution in [-0.2, 0) is 6.54 Å². The van der Waals surface area contributed by atoms with Gasteiger partial charge < -0.3 is 10.2 Å². The fourth-order valence-electron chi connectivity index (χ4n) is 2.15. The largest absolute Gasteiger partial charge is 0.439 e. The zero-order valence-corrected chi connectivity index (χ0v) is 12.5. The van der Waals surface area contributed by atoms with E-state index in [9.17, 15) is 0 Å². The molecule has 5 heteroatoms. The molecular weight excluding hydrogens is 258 g/mol. The number of aromatic nitrogens is 1. The van der Waals surface area contributed by atoms with Crippen LogP contribution >= 0.6 is 11.8 Å². The van der Waals surface area contributed by atoms with Gasteiger partial charge in [0.25, 0.3) is 0 Å². The van der Waals surface area contributed by atoms with E-state index in [1.165, 1.54) is 0 Å². The summed E-state index contributed by atoms with van der Waals surface area (Å²) in [6.45, 7) is 2.94. The molecule has 0 spiro atoms. The molecule has 1 aromatic heterocycles. The molecule has 2 N–H and O–H groups in total. The summed E-state index contributed by atoms with van der Waals surface area (Å²) in [7, 11) is 2.12. The topological polar surface area (TPSA) is 55.3 Å². The maximum atomic E-state index is 5.75. The number of nitrogens with zero attached hydrogens (tertiary/aromatic N) is 2. The molecule has 1 unspecified atom stereocenters. The fourth-order valence-corrected chi connectivity index (χ4v) is 3.02. The van der Waals surface area contributed by atoms with Gasteiger partial charge in [0.15, 0.2) is 5.58 Å². The van der Waals surface area contributed by atoms with Gasteiger partial charge in [-0.1, -0.05) is 6.92 Å². The van der Waals surface area contributed by atoms with Crippen molar-refractivity contribution >= 4 is 28.5 Å². The van der Waals surface area contributed by atoms with Crippen LogP contribution in [0.5, 0.6) is 0 Å². The number of oxazole rings is 1. The first-order valence-electron chi connectivity index (χ1n) is 6.48. The van der Waals surface area contributed by atoms with Crippen molar-refractivity contribution in [3.05, 3.63) is 24.1 Å². The van der Waals surface area contributed by atoms with E-state index in [1.807, 2.05) is 30.0 Å². The molecule has 1 aromatic carbocycles. The molecule has 0 bridgehead atoms. The van der Waals surface area contributed by atoms with Crippen LogP contribution in [0.15, 0.2) is 22.6 Å². The number of thioether (sulfide) groups is 1. The summed E-state index contributed by atoms with van der Waals surface area (Å²) in [4.78, 5) is 6.80. The quantitative estimate of drug-likeness (QED) is 0.824. The van der Waals surface area contributed by atoms with Gasteiger partial charge in [-0.05, 0) is 31.9 Å². The Morgan fingerprint density at radius 2 is 2.26 bits per heavy atom. The maximum Gasteiger partial charge on any atom is 0.209 e. The van der Waals surface area contributed by atoms with Gasteiger partial charge in [0.2, 0.25) is 5.89 Å². The molecule has 0 aliphatic carbocycles. The van der Waals surface area contributed by atoms with Crippen LogP contribution in [-0.4, -0.2) is 35.0 Å². The Morgan fingerprint density at radius 3 is 2.95 bits per heavy atom. The summed E-state index contributed by atoms with van der Waals surface area (Å²) < 4.78 is 5.75. The lowest BCUT2D eigenvalue weighted by atomic mass is 10.2. The first kappa shape index (κ1) is 14.2. The monoisotopic (exact) mass is 279 g/mol. The van der Waals surface area contributed by atoms with E-state index in [1.54, 1.807) is 0 Å². The zero-order valence-electron chi connectivity index (χ0n) is 11.7. The van der Waals surface area contributed by atoms with E-state index in [-0.39, 0.29) is 0 Å². The Hall–Kier alpha value is -1.20. The van der Waals surface area contributed by atoms with E-state index < -0.39 is 0 Å². The van der Waals surface area contributed by atoms with Crippen LogP contribution in [0.2, 0.25) is 0 Å². The second kappa shape index (κ2) is 6.30. The smallest absolute Gasteiger partial charge is 0.209 e. The maximum absolute atomic E-state index is 5.75. The molecule has 0 radical (unpaired) electrons. The SMILES string of the molecule is CCC(CSC)N(C)Cc1nc2ccc(N)cc2o1. The van der Waals surface area contributed by atoms with Gasteiger partial charge in [-0.25, -0.2) is 4.98 Å². The molecule has 2 aromatic rings. The molecule has 0 amide bonds. The summed E-state index contributed by atoms with van der Waals surface area (Å²) in [6, 6.07) is 6.12. The highest BCUT2D eigenvalue weighted by Gasteiger charge is 2.15. The number of hydrogen-bond donors (Lipinski definition) is 1. The van der Waals surface area contributed by atoms with Gasteiger partial charge in [-0.15, -0.1) is 0 Å². The average molecular weight is 279 g/mol. The van der Waals surface area contributed by atoms with Crippen molar-refractivity contribution in [2.45, 2.75) is 25.9 Å². The number of rotatable bonds is 6. The van der Waals surface area contributed by atoms with Gasteiger partial charge in [-0.3, -0.25) is 4.90 Å². The van der Waals surface area contributed by atoms with Crippen LogP contribution in [0.3, 0.4) is 0 Å². The van der Waals surface area contributed by atoms with Crippen molar-refractivity contribution in [1.29, 1.82) is 0 Å². The highest BCUT2D eigenvalue weighted by atomic mass is 32.2. The van der Waals surface area contributed by atoms with Crippen LogP contribution in [0.4, 0.5) is 5.69 Å². The number of benzene rings is 1. The highest BCUT2D eigenvalue weighted by molar-refractivity contribution is 7.98. The van der Waals surface area contributed by atoms with Crippen molar-refractivity contribution < 1.29 is 4.42 Å². The van der Waals surface area contributed by atoms with Gasteiger partial charge in [0, 0.05) is 23.5 Å². The predicted octanol–water partition coefficient (Wildman–Crippen LogP) is 2.98. The zero-order chi connectivity index (χ0) is 13.8. The van der Waals surface area contributed by atoms with E-state index in [0.29, 0.717) is 11.7 Å². The van der Waals surface area contributed by atoms with E-state index in [4.69, 9.17) is 10.2 Å². The average Bonchev–Trinajstić information content (AvgIpc) is 2.76. The normalized spacial score (nSPS) is 13.3. The molecule has 0 aliphatic heterocycles. The van der Waals surface area contributed by atoms with Crippen molar-refractivity contribution in [2.75, 3.05) is 24.8 Å². The van der Waals surface area contributed by atoms with Gasteiger partial charge in [-0.2, -0.15) is 11.8 Å². The van der Waals surface area contributed by atoms with E-state index in [0.717, 1.165) is 35.7 Å². The number of nitrogen functional groups attached to an aromatic ring is 1. The van der Waals surface area contributed by atoms with E-state index >= 15 is 0 Å². The minimum absolute atomic E-state index is 0.551. The second-order valence-corrected chi connectivity index (χ2v) is 5.68. The molecule has 0 saturated heterocycles. The minimum Gasteiger partial charge on any atom is -0.439 e. The van der Waals surface area contributed by atoms with Gasteiger partial charge in [0.1, 0.15) is 5.52 Å². The molecule has 19 heavy (non-hydrogen) atoms. The molecule has 0 saturated carbocycles. The van der Waals surface area contributed by atoms with Crippen LogP contribution in [0, 0.1) is 0 Å². The second-order valence-electron chi connectivity index (χ2n) is 4.77. The molecule has 4 nitrogen and oxygen atoms in total. The third-order valence-electron chi connectivity index (χ3n) is 3.30. The minimum atomic E-state index is 0.551. The van der Waals surface area contributed by atoms with Gasteiger partial charge >= 0.3 is 0 Å². The molecular formula is C14H21N3OS. The highest BCUT2D eigenvalue weighted by Crippen LogP contribution is 2.20. The van der Waals surface area contributed by atoms with E-state index in [2.05, 4.69) is 30.1 Å². The Morgan fingerprint density at radius 1 is 1.47 bits per heavy atom. The summed E-state index contributed by atoms with van der Waals surface area (Å²) in [5.41, 5.74) is 8.08. The van der Waals surface area contributed by atoms with Crippen LogP contribution < -0.4 is 5.73 Å². The first-order chi connectivity index (χ1) is 9.13. The van der Waals surface area contributed by atoms with Crippen LogP contribution in [0.1, 0.15) is 19.2 Å². The molecule has 0 aliphatic rings. The molecule has 2 rings (SSSR count). The predicted molar refractivity (Wildman–Crippen MR) is 82.3 cm³/mol. The lowest BCUT2D eigenvalue weighted by Crippen LogP contribution is -2.32. The Kier molecular flexibility index (Phi) is 4.71.